The summed E-state index contributed by atoms with van der Waals surface area (Å²) in [6.07, 6.45) is 3.16. The average molecular weight is 381 g/mol. The van der Waals surface area contributed by atoms with Crippen LogP contribution in [0.2, 0.25) is 0 Å². The smallest absolute Gasteiger partial charge is 0.325 e. The maximum atomic E-state index is 13.1. The predicted octanol–water partition coefficient (Wildman–Crippen LogP) is 1.39. The Labute approximate surface area is 163 Å². The van der Waals surface area contributed by atoms with Crippen LogP contribution in [0.5, 0.6) is 0 Å². The van der Waals surface area contributed by atoms with Gasteiger partial charge in [-0.05, 0) is 57.7 Å². The Balaban J connectivity index is 1.51. The molecule has 3 aliphatic heterocycles. The fourth-order valence-electron chi connectivity index (χ4n) is 4.44. The van der Waals surface area contributed by atoms with E-state index in [-0.39, 0.29) is 17.9 Å². The lowest BCUT2D eigenvalue weighted by Crippen LogP contribution is -2.54. The van der Waals surface area contributed by atoms with E-state index in [1.54, 1.807) is 0 Å². The minimum atomic E-state index is -0.744. The molecule has 7 heteroatoms. The van der Waals surface area contributed by atoms with E-state index in [0.717, 1.165) is 71.2 Å². The number of imide groups is 1. The van der Waals surface area contributed by atoms with Crippen LogP contribution in [0, 0.1) is 11.8 Å². The molecule has 0 radical (unpaired) electrons. The Morgan fingerprint density at radius 2 is 1.67 bits per heavy atom. The highest BCUT2D eigenvalue weighted by Crippen LogP contribution is 2.33. The molecule has 0 aromatic heterocycles. The second-order valence-electron chi connectivity index (χ2n) is 8.84. The van der Waals surface area contributed by atoms with Crippen LogP contribution < -0.4 is 5.32 Å². The fourth-order valence-corrected chi connectivity index (χ4v) is 4.44. The molecule has 3 aliphatic rings. The van der Waals surface area contributed by atoms with Gasteiger partial charge in [-0.3, -0.25) is 14.6 Å². The first kappa shape index (κ1) is 20.6. The number of nitrogens with one attached hydrogen (secondary N) is 1. The monoisotopic (exact) mass is 380 g/mol. The quantitative estimate of drug-likeness (QED) is 0.676. The van der Waals surface area contributed by atoms with Crippen molar-refractivity contribution in [2.24, 2.45) is 11.8 Å². The maximum Gasteiger partial charge on any atom is 0.325 e. The first-order chi connectivity index (χ1) is 12.9. The van der Waals surface area contributed by atoms with Crippen LogP contribution in [0.4, 0.5) is 4.79 Å². The number of urea groups is 1. The van der Waals surface area contributed by atoms with Crippen LogP contribution in [0.25, 0.3) is 0 Å². The zero-order valence-electron chi connectivity index (χ0n) is 17.2. The first-order valence-electron chi connectivity index (χ1n) is 10.6. The van der Waals surface area contributed by atoms with Crippen LogP contribution in [0.3, 0.4) is 0 Å². The molecule has 3 saturated heterocycles. The van der Waals surface area contributed by atoms with Crippen molar-refractivity contribution in [1.29, 1.82) is 0 Å². The third-order valence-corrected chi connectivity index (χ3v) is 6.47. The van der Waals surface area contributed by atoms with Gasteiger partial charge < -0.3 is 15.0 Å². The van der Waals surface area contributed by atoms with E-state index in [1.165, 1.54) is 11.3 Å². The Bertz CT molecular complexity index is 527. The van der Waals surface area contributed by atoms with Gasteiger partial charge in [-0.1, -0.05) is 13.8 Å². The van der Waals surface area contributed by atoms with E-state index in [1.807, 2.05) is 6.92 Å². The Morgan fingerprint density at radius 3 is 2.30 bits per heavy atom. The molecule has 0 aromatic rings. The van der Waals surface area contributed by atoms with Crippen molar-refractivity contribution in [1.82, 2.24) is 20.0 Å². The average Bonchev–Trinajstić information content (AvgIpc) is 2.89. The van der Waals surface area contributed by atoms with Gasteiger partial charge in [0.05, 0.1) is 13.2 Å². The molecular weight excluding hydrogens is 344 g/mol. The highest BCUT2D eigenvalue weighted by atomic mass is 16.5. The van der Waals surface area contributed by atoms with Crippen molar-refractivity contribution >= 4 is 11.9 Å². The molecule has 154 valence electrons. The molecular formula is C20H36N4O3. The van der Waals surface area contributed by atoms with Gasteiger partial charge in [0, 0.05) is 26.2 Å². The molecule has 0 bridgehead atoms. The molecule has 1 N–H and O–H groups in total. The lowest BCUT2D eigenvalue weighted by atomic mass is 9.79. The largest absolute Gasteiger partial charge is 0.379 e. The van der Waals surface area contributed by atoms with Crippen LogP contribution in [0.15, 0.2) is 0 Å². The van der Waals surface area contributed by atoms with E-state index in [0.29, 0.717) is 6.54 Å². The number of hydrogen-bond acceptors (Lipinski definition) is 5. The number of carbonyl (C=O) groups excluding carboxylic acids is 2. The molecule has 7 nitrogen and oxygen atoms in total. The van der Waals surface area contributed by atoms with E-state index in [4.69, 9.17) is 4.74 Å². The number of piperidine rings is 1. The first-order valence-corrected chi connectivity index (χ1v) is 10.6. The van der Waals surface area contributed by atoms with Gasteiger partial charge in [-0.2, -0.15) is 0 Å². The zero-order valence-corrected chi connectivity index (χ0v) is 17.2. The highest BCUT2D eigenvalue weighted by molar-refractivity contribution is 6.07. The number of amides is 3. The molecule has 0 aliphatic carbocycles. The fraction of sp³-hybridized carbons (Fsp3) is 0.900. The van der Waals surface area contributed by atoms with Gasteiger partial charge in [0.25, 0.3) is 5.91 Å². The number of hydrogen-bond donors (Lipinski definition) is 1. The van der Waals surface area contributed by atoms with Crippen LogP contribution in [0.1, 0.15) is 40.0 Å². The van der Waals surface area contributed by atoms with Crippen molar-refractivity contribution in [2.75, 3.05) is 59.0 Å². The Kier molecular flexibility index (Phi) is 6.76. The molecule has 3 heterocycles. The minimum Gasteiger partial charge on any atom is -0.379 e. The third-order valence-electron chi connectivity index (χ3n) is 6.47. The van der Waals surface area contributed by atoms with Gasteiger partial charge in [-0.15, -0.1) is 0 Å². The predicted molar refractivity (Wildman–Crippen MR) is 105 cm³/mol. The summed E-state index contributed by atoms with van der Waals surface area (Å²) in [6.45, 7) is 14.0. The lowest BCUT2D eigenvalue weighted by Gasteiger charge is -2.39. The van der Waals surface area contributed by atoms with E-state index in [9.17, 15) is 9.59 Å². The SMILES string of the molecule is CC(C)CCN1CCC(C2(C)NC(=O)N(CCN3CCOCC3)C2=O)CC1. The Morgan fingerprint density at radius 1 is 1.04 bits per heavy atom. The van der Waals surface area contributed by atoms with Gasteiger partial charge in [-0.25, -0.2) is 4.79 Å². The standard InChI is InChI=1S/C20H36N4O3/c1-16(2)4-7-22-8-5-17(6-9-22)20(3)18(25)24(19(26)21-20)11-10-23-12-14-27-15-13-23/h16-17H,4-15H2,1-3H3,(H,21,26). The summed E-state index contributed by atoms with van der Waals surface area (Å²) >= 11 is 0. The molecule has 3 amide bonds. The summed E-state index contributed by atoms with van der Waals surface area (Å²) in [5.41, 5.74) is -0.744. The van der Waals surface area contributed by atoms with Crippen LogP contribution >= 0.6 is 0 Å². The summed E-state index contributed by atoms with van der Waals surface area (Å²) < 4.78 is 5.36. The van der Waals surface area contributed by atoms with Gasteiger partial charge in [0.15, 0.2) is 0 Å². The normalized spacial score (nSPS) is 29.0. The number of carbonyl (C=O) groups is 2. The zero-order chi connectivity index (χ0) is 19.4. The number of ether oxygens (including phenoxy) is 1. The summed E-state index contributed by atoms with van der Waals surface area (Å²) in [7, 11) is 0. The highest BCUT2D eigenvalue weighted by Gasteiger charge is 2.52. The lowest BCUT2D eigenvalue weighted by molar-refractivity contribution is -0.133. The van der Waals surface area contributed by atoms with Gasteiger partial charge in [0.2, 0.25) is 0 Å². The van der Waals surface area contributed by atoms with Crippen LogP contribution in [-0.2, 0) is 9.53 Å². The molecule has 1 unspecified atom stereocenters. The van der Waals surface area contributed by atoms with Crippen molar-refractivity contribution < 1.29 is 14.3 Å². The van der Waals surface area contributed by atoms with Crippen molar-refractivity contribution in [3.63, 3.8) is 0 Å². The minimum absolute atomic E-state index is 0.0404. The molecule has 1 atom stereocenters. The molecule has 3 rings (SSSR count). The van der Waals surface area contributed by atoms with E-state index in [2.05, 4.69) is 29.0 Å². The summed E-state index contributed by atoms with van der Waals surface area (Å²) in [4.78, 5) is 31.8. The molecule has 0 spiro atoms. The Hall–Kier alpha value is -1.18. The molecule has 27 heavy (non-hydrogen) atoms. The summed E-state index contributed by atoms with van der Waals surface area (Å²) in [6, 6.07) is -0.224. The number of nitrogens with zero attached hydrogens (tertiary/aromatic N) is 3. The van der Waals surface area contributed by atoms with Gasteiger partial charge in [0.1, 0.15) is 5.54 Å². The molecule has 3 fully saturated rings. The number of rotatable bonds is 7. The van der Waals surface area contributed by atoms with E-state index < -0.39 is 5.54 Å². The van der Waals surface area contributed by atoms with E-state index >= 15 is 0 Å². The topological polar surface area (TPSA) is 65.1 Å². The van der Waals surface area contributed by atoms with Crippen molar-refractivity contribution in [2.45, 2.75) is 45.6 Å². The van der Waals surface area contributed by atoms with Crippen LogP contribution in [-0.4, -0.2) is 91.2 Å². The molecule has 0 saturated carbocycles. The van der Waals surface area contributed by atoms with Crippen molar-refractivity contribution in [3.8, 4) is 0 Å². The third kappa shape index (κ3) is 4.81. The summed E-state index contributed by atoms with van der Waals surface area (Å²) in [5, 5.41) is 3.03. The molecule has 0 aromatic carbocycles. The summed E-state index contributed by atoms with van der Waals surface area (Å²) in [5.74, 6) is 0.898. The number of likely N-dealkylation sites (tertiary alicyclic amines) is 1. The maximum absolute atomic E-state index is 13.1. The second-order valence-corrected chi connectivity index (χ2v) is 8.84. The second kappa shape index (κ2) is 8.88. The van der Waals surface area contributed by atoms with Gasteiger partial charge >= 0.3 is 6.03 Å². The number of morpholine rings is 1. The van der Waals surface area contributed by atoms with Crippen molar-refractivity contribution in [3.05, 3.63) is 0 Å².